The first-order valence-electron chi connectivity index (χ1n) is 8.11. The third kappa shape index (κ3) is 4.43. The molecule has 1 aliphatic rings. The summed E-state index contributed by atoms with van der Waals surface area (Å²) in [7, 11) is 0. The lowest BCUT2D eigenvalue weighted by molar-refractivity contribution is 0.168. The maximum absolute atomic E-state index is 11.5. The molecule has 1 amide bonds. The number of nitrogens with one attached hydrogen (secondary N) is 1. The molecule has 0 saturated heterocycles. The maximum Gasteiger partial charge on any atom is 0.413 e. The van der Waals surface area contributed by atoms with Crippen LogP contribution < -0.4 is 5.32 Å². The van der Waals surface area contributed by atoms with Gasteiger partial charge in [-0.25, -0.2) is 9.78 Å². The SMILES string of the molecule is CCOC(=O)Nc1nc2c(s1)CN(C/C=C/c1ccccc1)CC2. The number of aromatic nitrogens is 1. The number of carbonyl (C=O) groups is 1. The number of hydrogen-bond acceptors (Lipinski definition) is 5. The van der Waals surface area contributed by atoms with E-state index in [4.69, 9.17) is 4.74 Å². The van der Waals surface area contributed by atoms with Crippen molar-refractivity contribution in [1.82, 2.24) is 9.88 Å². The molecule has 3 rings (SSSR count). The molecule has 1 N–H and O–H groups in total. The number of fused-ring (bicyclic) bond motifs is 1. The summed E-state index contributed by atoms with van der Waals surface area (Å²) in [5.41, 5.74) is 2.31. The zero-order valence-corrected chi connectivity index (χ0v) is 14.5. The molecular weight excluding hydrogens is 322 g/mol. The molecule has 126 valence electrons. The van der Waals surface area contributed by atoms with Crippen LogP contribution in [-0.4, -0.2) is 35.7 Å². The van der Waals surface area contributed by atoms with Gasteiger partial charge in [-0.05, 0) is 12.5 Å². The normalized spacial score (nSPS) is 14.5. The van der Waals surface area contributed by atoms with Crippen molar-refractivity contribution < 1.29 is 9.53 Å². The average molecular weight is 343 g/mol. The molecule has 0 fully saturated rings. The topological polar surface area (TPSA) is 54.5 Å². The Balaban J connectivity index is 1.55. The van der Waals surface area contributed by atoms with Crippen LogP contribution in [0.3, 0.4) is 0 Å². The van der Waals surface area contributed by atoms with Gasteiger partial charge in [0.15, 0.2) is 5.13 Å². The zero-order chi connectivity index (χ0) is 16.8. The average Bonchev–Trinajstić information content (AvgIpc) is 2.97. The molecule has 0 aliphatic carbocycles. The summed E-state index contributed by atoms with van der Waals surface area (Å²) in [6.45, 7) is 4.91. The van der Waals surface area contributed by atoms with E-state index in [1.54, 1.807) is 6.92 Å². The Morgan fingerprint density at radius 2 is 2.25 bits per heavy atom. The van der Waals surface area contributed by atoms with Crippen molar-refractivity contribution in [1.29, 1.82) is 0 Å². The number of thiazole rings is 1. The highest BCUT2D eigenvalue weighted by molar-refractivity contribution is 7.15. The second-order valence-corrected chi connectivity index (χ2v) is 6.62. The Morgan fingerprint density at radius 1 is 1.42 bits per heavy atom. The first-order valence-corrected chi connectivity index (χ1v) is 8.92. The van der Waals surface area contributed by atoms with Crippen molar-refractivity contribution in [2.45, 2.75) is 19.9 Å². The van der Waals surface area contributed by atoms with Gasteiger partial charge in [-0.1, -0.05) is 53.8 Å². The lowest BCUT2D eigenvalue weighted by atomic mass is 10.1. The van der Waals surface area contributed by atoms with Gasteiger partial charge in [0.2, 0.25) is 0 Å². The van der Waals surface area contributed by atoms with Crippen molar-refractivity contribution in [3.8, 4) is 0 Å². The minimum Gasteiger partial charge on any atom is -0.450 e. The summed E-state index contributed by atoms with van der Waals surface area (Å²) >= 11 is 1.53. The number of benzene rings is 1. The summed E-state index contributed by atoms with van der Waals surface area (Å²) in [4.78, 5) is 19.6. The lowest BCUT2D eigenvalue weighted by Crippen LogP contribution is -2.29. The van der Waals surface area contributed by atoms with Gasteiger partial charge in [0.05, 0.1) is 12.3 Å². The summed E-state index contributed by atoms with van der Waals surface area (Å²) < 4.78 is 4.89. The van der Waals surface area contributed by atoms with E-state index in [2.05, 4.69) is 39.5 Å². The summed E-state index contributed by atoms with van der Waals surface area (Å²) in [5.74, 6) is 0. The molecule has 0 spiro atoms. The predicted octanol–water partition coefficient (Wildman–Crippen LogP) is 3.78. The highest BCUT2D eigenvalue weighted by atomic mass is 32.1. The van der Waals surface area contributed by atoms with Crippen LogP contribution >= 0.6 is 11.3 Å². The number of rotatable bonds is 5. The molecule has 0 radical (unpaired) electrons. The fourth-order valence-electron chi connectivity index (χ4n) is 2.61. The molecule has 0 atom stereocenters. The predicted molar refractivity (Wildman–Crippen MR) is 97.2 cm³/mol. The van der Waals surface area contributed by atoms with E-state index in [1.807, 2.05) is 18.2 Å². The third-order valence-electron chi connectivity index (χ3n) is 3.77. The van der Waals surface area contributed by atoms with Crippen LogP contribution in [0, 0.1) is 0 Å². The van der Waals surface area contributed by atoms with E-state index in [0.29, 0.717) is 11.7 Å². The van der Waals surface area contributed by atoms with Crippen molar-refractivity contribution >= 4 is 28.6 Å². The molecule has 0 saturated carbocycles. The maximum atomic E-state index is 11.5. The van der Waals surface area contributed by atoms with Gasteiger partial charge >= 0.3 is 6.09 Å². The number of carbonyl (C=O) groups excluding carboxylic acids is 1. The van der Waals surface area contributed by atoms with E-state index >= 15 is 0 Å². The molecule has 2 aromatic rings. The van der Waals surface area contributed by atoms with E-state index in [-0.39, 0.29) is 0 Å². The van der Waals surface area contributed by atoms with Gasteiger partial charge in [-0.2, -0.15) is 0 Å². The summed E-state index contributed by atoms with van der Waals surface area (Å²) in [6.07, 6.45) is 4.82. The van der Waals surface area contributed by atoms with Gasteiger partial charge in [-0.15, -0.1) is 0 Å². The molecule has 2 heterocycles. The van der Waals surface area contributed by atoms with Crippen molar-refractivity contribution in [3.63, 3.8) is 0 Å². The molecule has 0 bridgehead atoms. The van der Waals surface area contributed by atoms with Crippen LogP contribution in [0.25, 0.3) is 6.08 Å². The van der Waals surface area contributed by atoms with E-state index in [9.17, 15) is 4.79 Å². The Bertz CT molecular complexity index is 712. The van der Waals surface area contributed by atoms with Crippen LogP contribution in [0.1, 0.15) is 23.1 Å². The minimum absolute atomic E-state index is 0.360. The van der Waals surface area contributed by atoms with Crippen LogP contribution in [0.5, 0.6) is 0 Å². The molecule has 0 unspecified atom stereocenters. The van der Waals surface area contributed by atoms with Crippen molar-refractivity contribution in [2.24, 2.45) is 0 Å². The van der Waals surface area contributed by atoms with Crippen molar-refractivity contribution in [2.75, 3.05) is 25.0 Å². The summed E-state index contributed by atoms with van der Waals surface area (Å²) in [6, 6.07) is 10.3. The second kappa shape index (κ2) is 8.08. The fourth-order valence-corrected chi connectivity index (χ4v) is 3.65. The van der Waals surface area contributed by atoms with Crippen molar-refractivity contribution in [3.05, 3.63) is 52.5 Å². The number of hydrogen-bond donors (Lipinski definition) is 1. The number of ether oxygens (including phenoxy) is 1. The number of amides is 1. The molecule has 24 heavy (non-hydrogen) atoms. The Labute approximate surface area is 146 Å². The first kappa shape index (κ1) is 16.7. The second-order valence-electron chi connectivity index (χ2n) is 5.53. The van der Waals surface area contributed by atoms with Gasteiger partial charge in [0.25, 0.3) is 0 Å². The van der Waals surface area contributed by atoms with Gasteiger partial charge < -0.3 is 4.74 Å². The fraction of sp³-hybridized carbons (Fsp3) is 0.333. The Hall–Kier alpha value is -2.18. The van der Waals surface area contributed by atoms with E-state index in [1.165, 1.54) is 21.8 Å². The standard InChI is InChI=1S/C18H21N3O2S/c1-2-23-18(22)20-17-19-15-10-12-21(13-16(15)24-17)11-6-9-14-7-4-3-5-8-14/h3-9H,2,10-13H2,1H3,(H,19,20,22)/b9-6+. The molecular formula is C18H21N3O2S. The van der Waals surface area contributed by atoms with Crippen LogP contribution in [0.2, 0.25) is 0 Å². The van der Waals surface area contributed by atoms with Crippen LogP contribution in [0.4, 0.5) is 9.93 Å². The highest BCUT2D eigenvalue weighted by Gasteiger charge is 2.20. The monoisotopic (exact) mass is 343 g/mol. The van der Waals surface area contributed by atoms with Gasteiger partial charge in [0, 0.05) is 30.9 Å². The molecule has 5 nitrogen and oxygen atoms in total. The zero-order valence-electron chi connectivity index (χ0n) is 13.7. The number of anilines is 1. The summed E-state index contributed by atoms with van der Waals surface area (Å²) in [5, 5.41) is 3.32. The first-order chi connectivity index (χ1) is 11.7. The Kier molecular flexibility index (Phi) is 5.61. The molecule has 1 aromatic carbocycles. The van der Waals surface area contributed by atoms with Gasteiger partial charge in [-0.3, -0.25) is 10.2 Å². The number of nitrogens with zero attached hydrogens (tertiary/aromatic N) is 2. The Morgan fingerprint density at radius 3 is 3.04 bits per heavy atom. The minimum atomic E-state index is -0.439. The third-order valence-corrected chi connectivity index (χ3v) is 4.77. The smallest absolute Gasteiger partial charge is 0.413 e. The molecule has 1 aromatic heterocycles. The van der Waals surface area contributed by atoms with E-state index in [0.717, 1.165) is 31.7 Å². The van der Waals surface area contributed by atoms with Gasteiger partial charge in [0.1, 0.15) is 0 Å². The van der Waals surface area contributed by atoms with Crippen LogP contribution in [-0.2, 0) is 17.7 Å². The lowest BCUT2D eigenvalue weighted by Gasteiger charge is -2.24. The van der Waals surface area contributed by atoms with E-state index < -0.39 is 6.09 Å². The largest absolute Gasteiger partial charge is 0.450 e. The molecule has 6 heteroatoms. The highest BCUT2D eigenvalue weighted by Crippen LogP contribution is 2.28. The quantitative estimate of drug-likeness (QED) is 0.897. The molecule has 1 aliphatic heterocycles. The van der Waals surface area contributed by atoms with Crippen LogP contribution in [0.15, 0.2) is 36.4 Å².